The third kappa shape index (κ3) is 7.87. The molecule has 0 radical (unpaired) electrons. The molecular formula is C54H58N8O3S. The number of benzene rings is 4. The third-order valence-corrected chi connectivity index (χ3v) is 15.9. The highest BCUT2D eigenvalue weighted by molar-refractivity contribution is 7.15. The number of aromatic nitrogens is 3. The predicted molar refractivity (Wildman–Crippen MR) is 265 cm³/mol. The fraction of sp³-hybridized carbons (Fsp3) is 0.370. The van der Waals surface area contributed by atoms with E-state index in [2.05, 4.69) is 134 Å². The van der Waals surface area contributed by atoms with Gasteiger partial charge in [0, 0.05) is 98.7 Å². The molecule has 1 aliphatic carbocycles. The Labute approximate surface area is 391 Å². The number of β-amino-alcohol motifs (C(OH)–C–C–N with tert-alkyl or cyclic N) is 1. The molecule has 4 aromatic carbocycles. The standard InChI is InChI=1S/C54H58N8O3S/c1-34-36(3)66-52-48(34)50(55-35(2)51-57-56-37(4)62(51)52)41-15-20-45(21-16-41)61-32-54(65,33-61)31-59-25-23-58(24-26-59)28-38-29-60(30-38)44-18-13-40(14-19-44)49-46(39-9-6-5-7-10-39)12-8-11-42-27-43(53(63)64)17-22-47(42)49/h5-7,9-10,13-22,27,35,38,65H,8,11-12,23-26,28-33H2,1-4H3,(H,63,64)/t35-/m0/s1. The van der Waals surface area contributed by atoms with E-state index in [0.29, 0.717) is 31.1 Å². The van der Waals surface area contributed by atoms with E-state index < -0.39 is 11.6 Å². The van der Waals surface area contributed by atoms with Crippen LogP contribution < -0.4 is 9.80 Å². The third-order valence-electron chi connectivity index (χ3n) is 14.7. The maximum absolute atomic E-state index is 11.9. The number of aliphatic hydroxyl groups is 1. The molecule has 11 rings (SSSR count). The lowest BCUT2D eigenvalue weighted by molar-refractivity contribution is -0.0309. The minimum Gasteiger partial charge on any atom is -0.478 e. The normalized spacial score (nSPS) is 19.8. The van der Waals surface area contributed by atoms with Gasteiger partial charge in [-0.25, -0.2) is 4.79 Å². The molecule has 0 spiro atoms. The predicted octanol–water partition coefficient (Wildman–Crippen LogP) is 8.46. The number of thiophene rings is 1. The largest absolute Gasteiger partial charge is 0.478 e. The molecule has 0 saturated carbocycles. The molecule has 66 heavy (non-hydrogen) atoms. The SMILES string of the molecule is Cc1sc2c(c1C)C(c1ccc(N3CC(O)(CN4CCN(CC5CN(c6ccc(C7=C(c8ccccc8)CCCc8cc(C(=O)O)ccc87)cc6)C5)CC4)C3)cc1)=N[C@@H](C)c1nnc(C)n1-2. The lowest BCUT2D eigenvalue weighted by atomic mass is 9.87. The summed E-state index contributed by atoms with van der Waals surface area (Å²) >= 11 is 1.78. The van der Waals surface area contributed by atoms with E-state index in [1.807, 2.05) is 19.1 Å². The number of carbonyl (C=O) groups is 1. The first-order chi connectivity index (χ1) is 32.0. The van der Waals surface area contributed by atoms with Crippen molar-refractivity contribution < 1.29 is 15.0 Å². The van der Waals surface area contributed by atoms with Gasteiger partial charge < -0.3 is 24.9 Å². The Morgan fingerprint density at radius 2 is 1.47 bits per heavy atom. The van der Waals surface area contributed by atoms with Crippen molar-refractivity contribution in [3.05, 3.63) is 158 Å². The van der Waals surface area contributed by atoms with Crippen LogP contribution in [0.2, 0.25) is 0 Å². The zero-order chi connectivity index (χ0) is 45.3. The summed E-state index contributed by atoms with van der Waals surface area (Å²) in [5.74, 6) is 1.52. The van der Waals surface area contributed by atoms with Crippen LogP contribution >= 0.6 is 11.3 Å². The van der Waals surface area contributed by atoms with Crippen LogP contribution in [0, 0.1) is 26.7 Å². The number of allylic oxidation sites excluding steroid dienone is 1. The number of carboxylic acids is 1. The number of nitrogens with zero attached hydrogens (tertiary/aromatic N) is 8. The maximum Gasteiger partial charge on any atom is 0.335 e. The van der Waals surface area contributed by atoms with Crippen molar-refractivity contribution in [3.8, 4) is 5.00 Å². The van der Waals surface area contributed by atoms with Gasteiger partial charge in [0.05, 0.1) is 11.3 Å². The van der Waals surface area contributed by atoms with Gasteiger partial charge in [0.15, 0.2) is 5.82 Å². The van der Waals surface area contributed by atoms with Gasteiger partial charge in [0.2, 0.25) is 0 Å². The number of anilines is 2. The summed E-state index contributed by atoms with van der Waals surface area (Å²) in [6.07, 6.45) is 2.78. The van der Waals surface area contributed by atoms with E-state index in [4.69, 9.17) is 4.99 Å². The van der Waals surface area contributed by atoms with Gasteiger partial charge in [-0.15, -0.1) is 21.5 Å². The highest BCUT2D eigenvalue weighted by Crippen LogP contribution is 2.42. The molecule has 0 unspecified atom stereocenters. The van der Waals surface area contributed by atoms with E-state index in [1.165, 1.54) is 44.0 Å². The first-order valence-corrected chi connectivity index (χ1v) is 24.4. The Morgan fingerprint density at radius 3 is 2.18 bits per heavy atom. The van der Waals surface area contributed by atoms with Gasteiger partial charge in [0.1, 0.15) is 22.5 Å². The Balaban J connectivity index is 0.671. The molecular weight excluding hydrogens is 841 g/mol. The molecule has 2 aromatic heterocycles. The van der Waals surface area contributed by atoms with Crippen molar-refractivity contribution in [1.29, 1.82) is 0 Å². The van der Waals surface area contributed by atoms with E-state index in [9.17, 15) is 15.0 Å². The van der Waals surface area contributed by atoms with E-state index in [0.717, 1.165) is 110 Å². The monoisotopic (exact) mass is 898 g/mol. The molecule has 4 aliphatic heterocycles. The zero-order valence-electron chi connectivity index (χ0n) is 38.4. The molecule has 6 aromatic rings. The van der Waals surface area contributed by atoms with Crippen LogP contribution in [0.5, 0.6) is 0 Å². The maximum atomic E-state index is 11.9. The van der Waals surface area contributed by atoms with Crippen LogP contribution in [0.3, 0.4) is 0 Å². The Bertz CT molecular complexity index is 2860. The number of hydrogen-bond acceptors (Lipinski definition) is 10. The lowest BCUT2D eigenvalue weighted by Gasteiger charge is -2.51. The van der Waals surface area contributed by atoms with Crippen molar-refractivity contribution in [2.24, 2.45) is 10.9 Å². The number of carboxylic acid groups (broad SMARTS) is 1. The molecule has 0 bridgehead atoms. The molecule has 1 atom stereocenters. The second kappa shape index (κ2) is 17.1. The molecule has 12 heteroatoms. The van der Waals surface area contributed by atoms with Gasteiger partial charge in [-0.1, -0.05) is 60.7 Å². The summed E-state index contributed by atoms with van der Waals surface area (Å²) in [7, 11) is 0. The first kappa shape index (κ1) is 42.7. The fourth-order valence-electron chi connectivity index (χ4n) is 11.1. The van der Waals surface area contributed by atoms with Gasteiger partial charge in [-0.3, -0.25) is 14.5 Å². The topological polar surface area (TPSA) is 114 Å². The fourth-order valence-corrected chi connectivity index (χ4v) is 12.3. The minimum absolute atomic E-state index is 0.114. The Hall–Kier alpha value is -5.92. The zero-order valence-corrected chi connectivity index (χ0v) is 39.2. The van der Waals surface area contributed by atoms with Gasteiger partial charge in [-0.05, 0) is 122 Å². The first-order valence-electron chi connectivity index (χ1n) is 23.6. The molecule has 338 valence electrons. The van der Waals surface area contributed by atoms with Crippen LogP contribution in [0.1, 0.15) is 91.6 Å². The second-order valence-electron chi connectivity index (χ2n) is 19.3. The summed E-state index contributed by atoms with van der Waals surface area (Å²) in [6.45, 7) is 17.7. The molecule has 0 amide bonds. The second-order valence-corrected chi connectivity index (χ2v) is 20.5. The summed E-state index contributed by atoms with van der Waals surface area (Å²) in [5.41, 5.74) is 13.7. The molecule has 3 saturated heterocycles. The summed E-state index contributed by atoms with van der Waals surface area (Å²) in [6, 6.07) is 34.0. The van der Waals surface area contributed by atoms with Crippen LogP contribution in [0.25, 0.3) is 16.1 Å². The van der Waals surface area contributed by atoms with Crippen LogP contribution in [-0.2, 0) is 6.42 Å². The van der Waals surface area contributed by atoms with Crippen LogP contribution in [-0.4, -0.2) is 118 Å². The number of aryl methyl sites for hydroxylation is 3. The highest BCUT2D eigenvalue weighted by atomic mass is 32.1. The summed E-state index contributed by atoms with van der Waals surface area (Å²) in [4.78, 5) is 28.2. The average molecular weight is 899 g/mol. The number of rotatable bonds is 10. The highest BCUT2D eigenvalue weighted by Gasteiger charge is 2.43. The summed E-state index contributed by atoms with van der Waals surface area (Å²) in [5, 5.41) is 31.4. The molecule has 6 heterocycles. The average Bonchev–Trinajstić information content (AvgIpc) is 3.71. The Morgan fingerprint density at radius 1 is 0.788 bits per heavy atom. The number of piperazine rings is 1. The van der Waals surface area contributed by atoms with E-state index in [-0.39, 0.29) is 6.04 Å². The molecule has 11 nitrogen and oxygen atoms in total. The van der Waals surface area contributed by atoms with Gasteiger partial charge in [-0.2, -0.15) is 0 Å². The smallest absolute Gasteiger partial charge is 0.335 e. The van der Waals surface area contributed by atoms with E-state index in [1.54, 1.807) is 17.4 Å². The number of hydrogen-bond donors (Lipinski definition) is 2. The number of aromatic carboxylic acids is 1. The quantitative estimate of drug-likeness (QED) is 0.140. The molecule has 3 fully saturated rings. The van der Waals surface area contributed by atoms with Crippen molar-refractivity contribution in [3.63, 3.8) is 0 Å². The van der Waals surface area contributed by atoms with Gasteiger partial charge >= 0.3 is 5.97 Å². The number of aliphatic imine (C=N–C) groups is 1. The van der Waals surface area contributed by atoms with Gasteiger partial charge in [0.25, 0.3) is 0 Å². The number of fused-ring (bicyclic) bond motifs is 4. The lowest BCUT2D eigenvalue weighted by Crippen LogP contribution is -2.67. The van der Waals surface area contributed by atoms with E-state index >= 15 is 0 Å². The van der Waals surface area contributed by atoms with Crippen LogP contribution in [0.4, 0.5) is 11.4 Å². The van der Waals surface area contributed by atoms with Crippen molar-refractivity contribution in [2.45, 2.75) is 58.6 Å². The van der Waals surface area contributed by atoms with Crippen molar-refractivity contribution >= 4 is 45.5 Å². The summed E-state index contributed by atoms with van der Waals surface area (Å²) < 4.78 is 2.18. The Kier molecular flexibility index (Phi) is 11.0. The van der Waals surface area contributed by atoms with Crippen LogP contribution in [0.15, 0.2) is 102 Å². The molecule has 5 aliphatic rings. The minimum atomic E-state index is -0.881. The molecule has 2 N–H and O–H groups in total. The van der Waals surface area contributed by atoms with Crippen molar-refractivity contribution in [2.75, 3.05) is 75.2 Å². The van der Waals surface area contributed by atoms with Crippen molar-refractivity contribution in [1.82, 2.24) is 24.6 Å².